The standard InChI is InChI=1S/C21H22N4O4/c1-13(2)18(22-19(26)15-9-5-4-8-14(15)3)21(28)29-12-25-20(27)16-10-6-7-11-17(16)23-24-25/h4-11,13,18H,12H2,1-3H3,(H,22,26)/t18-/m0/s1. The summed E-state index contributed by atoms with van der Waals surface area (Å²) in [7, 11) is 0. The molecule has 1 aromatic heterocycles. The third kappa shape index (κ3) is 4.48. The Hall–Kier alpha value is -3.55. The zero-order valence-corrected chi connectivity index (χ0v) is 16.5. The lowest BCUT2D eigenvalue weighted by Crippen LogP contribution is -2.46. The van der Waals surface area contributed by atoms with E-state index in [9.17, 15) is 14.4 Å². The highest BCUT2D eigenvalue weighted by molar-refractivity contribution is 5.98. The van der Waals surface area contributed by atoms with Gasteiger partial charge in [0.15, 0.2) is 6.73 Å². The van der Waals surface area contributed by atoms with E-state index < -0.39 is 17.6 Å². The molecule has 1 N–H and O–H groups in total. The average molecular weight is 394 g/mol. The fourth-order valence-corrected chi connectivity index (χ4v) is 2.87. The number of hydrogen-bond donors (Lipinski definition) is 1. The van der Waals surface area contributed by atoms with Gasteiger partial charge >= 0.3 is 5.97 Å². The fraction of sp³-hybridized carbons (Fsp3) is 0.286. The van der Waals surface area contributed by atoms with Crippen molar-refractivity contribution in [2.24, 2.45) is 5.92 Å². The number of fused-ring (bicyclic) bond motifs is 1. The lowest BCUT2D eigenvalue weighted by atomic mass is 10.0. The minimum atomic E-state index is -0.869. The van der Waals surface area contributed by atoms with Gasteiger partial charge in [0.2, 0.25) is 0 Å². The summed E-state index contributed by atoms with van der Waals surface area (Å²) in [5.41, 5.74) is 1.35. The van der Waals surface area contributed by atoms with Gasteiger partial charge < -0.3 is 10.1 Å². The summed E-state index contributed by atoms with van der Waals surface area (Å²) in [5.74, 6) is -1.22. The number of ether oxygens (including phenoxy) is 1. The van der Waals surface area contributed by atoms with Crippen LogP contribution in [0.2, 0.25) is 0 Å². The van der Waals surface area contributed by atoms with Gasteiger partial charge in [0, 0.05) is 5.56 Å². The van der Waals surface area contributed by atoms with Crippen LogP contribution < -0.4 is 10.9 Å². The first-order chi connectivity index (χ1) is 13.9. The second kappa shape index (κ2) is 8.64. The van der Waals surface area contributed by atoms with Crippen molar-refractivity contribution in [3.05, 3.63) is 70.0 Å². The van der Waals surface area contributed by atoms with Crippen LogP contribution in [0.5, 0.6) is 0 Å². The summed E-state index contributed by atoms with van der Waals surface area (Å²) in [5, 5.41) is 10.8. The Kier molecular flexibility index (Phi) is 6.01. The summed E-state index contributed by atoms with van der Waals surface area (Å²) in [4.78, 5) is 37.6. The molecule has 0 saturated carbocycles. The topological polar surface area (TPSA) is 103 Å². The number of nitrogens with one attached hydrogen (secondary N) is 1. The SMILES string of the molecule is Cc1ccccc1C(=O)N[C@H](C(=O)OCn1nnc2ccccc2c1=O)C(C)C. The molecule has 1 atom stereocenters. The Bertz CT molecular complexity index is 1110. The zero-order chi connectivity index (χ0) is 21.0. The van der Waals surface area contributed by atoms with Crippen LogP contribution in [-0.4, -0.2) is 32.9 Å². The maximum absolute atomic E-state index is 12.6. The third-order valence-electron chi connectivity index (χ3n) is 4.56. The molecule has 3 aromatic rings. The van der Waals surface area contributed by atoms with Gasteiger partial charge in [-0.2, -0.15) is 4.68 Å². The maximum Gasteiger partial charge on any atom is 0.330 e. The lowest BCUT2D eigenvalue weighted by Gasteiger charge is -2.21. The van der Waals surface area contributed by atoms with Gasteiger partial charge in [-0.25, -0.2) is 4.79 Å². The van der Waals surface area contributed by atoms with Crippen molar-refractivity contribution in [2.45, 2.75) is 33.5 Å². The molecule has 0 saturated heterocycles. The zero-order valence-electron chi connectivity index (χ0n) is 16.5. The summed E-state index contributed by atoms with van der Waals surface area (Å²) in [6.45, 7) is 5.03. The molecule has 8 heteroatoms. The quantitative estimate of drug-likeness (QED) is 0.642. The van der Waals surface area contributed by atoms with E-state index in [1.807, 2.05) is 19.1 Å². The number of amides is 1. The number of rotatable bonds is 6. The van der Waals surface area contributed by atoms with Crippen LogP contribution in [0.25, 0.3) is 10.9 Å². The van der Waals surface area contributed by atoms with E-state index in [4.69, 9.17) is 4.74 Å². The normalized spacial score (nSPS) is 12.0. The molecular weight excluding hydrogens is 372 g/mol. The van der Waals surface area contributed by atoms with Gasteiger partial charge in [-0.1, -0.05) is 49.4 Å². The van der Waals surface area contributed by atoms with Crippen molar-refractivity contribution in [3.8, 4) is 0 Å². The predicted molar refractivity (Wildman–Crippen MR) is 107 cm³/mol. The average Bonchev–Trinajstić information content (AvgIpc) is 2.71. The van der Waals surface area contributed by atoms with Crippen molar-refractivity contribution in [1.82, 2.24) is 20.3 Å². The number of carbonyl (C=O) groups excluding carboxylic acids is 2. The highest BCUT2D eigenvalue weighted by Crippen LogP contribution is 2.10. The Morgan fingerprint density at radius 1 is 1.10 bits per heavy atom. The number of benzene rings is 2. The van der Waals surface area contributed by atoms with Crippen molar-refractivity contribution >= 4 is 22.8 Å². The monoisotopic (exact) mass is 394 g/mol. The van der Waals surface area contributed by atoms with Crippen molar-refractivity contribution in [2.75, 3.05) is 0 Å². The van der Waals surface area contributed by atoms with Crippen LogP contribution in [0.4, 0.5) is 0 Å². The molecule has 0 aliphatic carbocycles. The number of aromatic nitrogens is 3. The Morgan fingerprint density at radius 2 is 1.79 bits per heavy atom. The Morgan fingerprint density at radius 3 is 2.52 bits per heavy atom. The highest BCUT2D eigenvalue weighted by Gasteiger charge is 2.27. The molecule has 0 fully saturated rings. The van der Waals surface area contributed by atoms with Gasteiger partial charge in [-0.3, -0.25) is 9.59 Å². The van der Waals surface area contributed by atoms with Gasteiger partial charge in [-0.05, 0) is 36.6 Å². The summed E-state index contributed by atoms with van der Waals surface area (Å²) >= 11 is 0. The predicted octanol–water partition coefficient (Wildman–Crippen LogP) is 2.06. The van der Waals surface area contributed by atoms with Crippen molar-refractivity contribution in [3.63, 3.8) is 0 Å². The molecular formula is C21H22N4O4. The smallest absolute Gasteiger partial charge is 0.330 e. The largest absolute Gasteiger partial charge is 0.441 e. The number of esters is 1. The molecule has 0 radical (unpaired) electrons. The highest BCUT2D eigenvalue weighted by atomic mass is 16.5. The van der Waals surface area contributed by atoms with E-state index in [1.165, 1.54) is 0 Å². The first-order valence-electron chi connectivity index (χ1n) is 9.24. The van der Waals surface area contributed by atoms with Crippen LogP contribution in [0.15, 0.2) is 53.3 Å². The van der Waals surface area contributed by atoms with Gasteiger partial charge in [0.25, 0.3) is 11.5 Å². The minimum Gasteiger partial charge on any atom is -0.441 e. The molecule has 3 rings (SSSR count). The van der Waals surface area contributed by atoms with Crippen LogP contribution in [0, 0.1) is 12.8 Å². The summed E-state index contributed by atoms with van der Waals surface area (Å²) < 4.78 is 6.23. The summed E-state index contributed by atoms with van der Waals surface area (Å²) in [6.07, 6.45) is 0. The molecule has 29 heavy (non-hydrogen) atoms. The molecule has 150 valence electrons. The van der Waals surface area contributed by atoms with Gasteiger partial charge in [0.1, 0.15) is 11.6 Å². The molecule has 2 aromatic carbocycles. The number of hydrogen-bond acceptors (Lipinski definition) is 6. The Balaban J connectivity index is 1.72. The molecule has 0 aliphatic rings. The van der Waals surface area contributed by atoms with Crippen molar-refractivity contribution < 1.29 is 14.3 Å². The van der Waals surface area contributed by atoms with Crippen LogP contribution >= 0.6 is 0 Å². The van der Waals surface area contributed by atoms with E-state index >= 15 is 0 Å². The maximum atomic E-state index is 12.6. The van der Waals surface area contributed by atoms with Crippen LogP contribution in [0.1, 0.15) is 29.8 Å². The molecule has 1 amide bonds. The van der Waals surface area contributed by atoms with Crippen LogP contribution in [-0.2, 0) is 16.3 Å². The first-order valence-corrected chi connectivity index (χ1v) is 9.24. The minimum absolute atomic E-state index is 0.213. The van der Waals surface area contributed by atoms with E-state index in [1.54, 1.807) is 50.2 Å². The van der Waals surface area contributed by atoms with E-state index in [-0.39, 0.29) is 18.6 Å². The van der Waals surface area contributed by atoms with Gasteiger partial charge in [0.05, 0.1) is 5.39 Å². The second-order valence-electron chi connectivity index (χ2n) is 7.01. The fourth-order valence-electron chi connectivity index (χ4n) is 2.87. The van der Waals surface area contributed by atoms with E-state index in [2.05, 4.69) is 15.6 Å². The first kappa shape index (κ1) is 20.2. The molecule has 0 spiro atoms. The summed E-state index contributed by atoms with van der Waals surface area (Å²) in [6, 6.07) is 13.0. The second-order valence-corrected chi connectivity index (χ2v) is 7.01. The van der Waals surface area contributed by atoms with E-state index in [0.29, 0.717) is 16.5 Å². The Labute approximate surface area is 167 Å². The van der Waals surface area contributed by atoms with Gasteiger partial charge in [-0.15, -0.1) is 5.10 Å². The molecule has 1 heterocycles. The number of aryl methyl sites for hydroxylation is 1. The van der Waals surface area contributed by atoms with E-state index in [0.717, 1.165) is 10.2 Å². The number of carbonyl (C=O) groups is 2. The number of nitrogens with zero attached hydrogens (tertiary/aromatic N) is 3. The lowest BCUT2D eigenvalue weighted by molar-refractivity contribution is -0.151. The molecule has 0 aliphatic heterocycles. The van der Waals surface area contributed by atoms with Crippen molar-refractivity contribution in [1.29, 1.82) is 0 Å². The molecule has 0 bridgehead atoms. The molecule has 0 unspecified atom stereocenters. The molecule has 8 nitrogen and oxygen atoms in total. The van der Waals surface area contributed by atoms with Crippen LogP contribution in [0.3, 0.4) is 0 Å². The third-order valence-corrected chi connectivity index (χ3v) is 4.56.